The lowest BCUT2D eigenvalue weighted by Crippen LogP contribution is -2.53. The van der Waals surface area contributed by atoms with Crippen LogP contribution < -0.4 is 5.32 Å². The molecular formula is C20H21N3OS. The van der Waals surface area contributed by atoms with E-state index in [1.165, 1.54) is 10.3 Å². The quantitative estimate of drug-likeness (QED) is 0.758. The molecule has 4 rings (SSSR count). The van der Waals surface area contributed by atoms with Gasteiger partial charge in [-0.1, -0.05) is 31.2 Å². The van der Waals surface area contributed by atoms with Crippen LogP contribution >= 0.6 is 11.3 Å². The summed E-state index contributed by atoms with van der Waals surface area (Å²) in [6.07, 6.45) is 1.77. The molecule has 1 amide bonds. The zero-order chi connectivity index (χ0) is 17.2. The number of amides is 1. The molecule has 0 saturated carbocycles. The van der Waals surface area contributed by atoms with Gasteiger partial charge in [0, 0.05) is 18.7 Å². The zero-order valence-electron chi connectivity index (χ0n) is 14.2. The average molecular weight is 351 g/mol. The topological polar surface area (TPSA) is 45.2 Å². The Morgan fingerprint density at radius 1 is 1.24 bits per heavy atom. The molecule has 1 aliphatic heterocycles. The number of rotatable bonds is 5. The Balaban J connectivity index is 1.40. The van der Waals surface area contributed by atoms with Gasteiger partial charge in [-0.2, -0.15) is 0 Å². The van der Waals surface area contributed by atoms with Crippen molar-refractivity contribution in [2.24, 2.45) is 0 Å². The predicted molar refractivity (Wildman–Crippen MR) is 103 cm³/mol. The summed E-state index contributed by atoms with van der Waals surface area (Å²) in [5.41, 5.74) is 3.13. The second-order valence-electron chi connectivity index (χ2n) is 6.37. The number of nitrogens with zero attached hydrogens (tertiary/aromatic N) is 2. The normalized spacial score (nSPS) is 17.4. The van der Waals surface area contributed by atoms with E-state index < -0.39 is 0 Å². The number of fused-ring (bicyclic) bond motifs is 1. The van der Waals surface area contributed by atoms with Gasteiger partial charge in [0.25, 0.3) is 0 Å². The fourth-order valence-corrected chi connectivity index (χ4v) is 4.22. The smallest absolute Gasteiger partial charge is 0.241 e. The number of carbonyl (C=O) groups excluding carboxylic acids is 1. The highest BCUT2D eigenvalue weighted by atomic mass is 32.1. The molecule has 0 aliphatic carbocycles. The lowest BCUT2D eigenvalue weighted by molar-refractivity contribution is -0.125. The minimum absolute atomic E-state index is 0.0347. The summed E-state index contributed by atoms with van der Waals surface area (Å²) in [5, 5.41) is 4.14. The van der Waals surface area contributed by atoms with Crippen molar-refractivity contribution in [3.8, 4) is 0 Å². The van der Waals surface area contributed by atoms with E-state index in [1.807, 2.05) is 30.3 Å². The summed E-state index contributed by atoms with van der Waals surface area (Å²) in [5.74, 6) is 0.104. The summed E-state index contributed by atoms with van der Waals surface area (Å²) < 4.78 is 1.22. The van der Waals surface area contributed by atoms with Crippen LogP contribution in [0.2, 0.25) is 0 Å². The molecule has 128 valence electrons. The third-order valence-corrected chi connectivity index (χ3v) is 5.79. The number of anilines is 1. The van der Waals surface area contributed by atoms with E-state index in [2.05, 4.69) is 40.3 Å². The molecule has 4 nitrogen and oxygen atoms in total. The molecule has 1 aromatic heterocycles. The average Bonchev–Trinajstić information content (AvgIpc) is 2.98. The number of para-hydroxylation sites is 1. The molecule has 1 N–H and O–H groups in total. The number of carbonyl (C=O) groups is 1. The molecule has 1 fully saturated rings. The number of likely N-dealkylation sites (N-methyl/N-ethyl adjacent to an activating group) is 1. The third kappa shape index (κ3) is 3.43. The standard InChI is InChI=1S/C20H21N3OS/c1-2-23-12-11-17(23)20(24)21-15-9-7-14(8-10-15)13-19-22-16-5-3-4-6-18(16)25-19/h3-10,17H,2,11-13H2,1H3,(H,21,24). The van der Waals surface area contributed by atoms with Crippen LogP contribution in [0.25, 0.3) is 10.2 Å². The van der Waals surface area contributed by atoms with Crippen LogP contribution in [0.3, 0.4) is 0 Å². The van der Waals surface area contributed by atoms with Crippen molar-refractivity contribution in [3.63, 3.8) is 0 Å². The summed E-state index contributed by atoms with van der Waals surface area (Å²) in [6.45, 7) is 4.05. The Labute approximate surface area is 151 Å². The highest BCUT2D eigenvalue weighted by molar-refractivity contribution is 7.18. The van der Waals surface area contributed by atoms with E-state index in [0.29, 0.717) is 0 Å². The maximum absolute atomic E-state index is 12.3. The predicted octanol–water partition coefficient (Wildman–Crippen LogP) is 3.92. The molecule has 1 saturated heterocycles. The summed E-state index contributed by atoms with van der Waals surface area (Å²) in [6, 6.07) is 16.4. The van der Waals surface area contributed by atoms with Crippen LogP contribution in [0.1, 0.15) is 23.9 Å². The molecule has 1 atom stereocenters. The largest absolute Gasteiger partial charge is 0.325 e. The highest BCUT2D eigenvalue weighted by Crippen LogP contribution is 2.24. The maximum Gasteiger partial charge on any atom is 0.241 e. The van der Waals surface area contributed by atoms with Gasteiger partial charge in [-0.15, -0.1) is 11.3 Å². The maximum atomic E-state index is 12.3. The molecule has 2 aromatic carbocycles. The number of benzene rings is 2. The van der Waals surface area contributed by atoms with E-state index in [9.17, 15) is 4.79 Å². The van der Waals surface area contributed by atoms with Gasteiger partial charge in [0.2, 0.25) is 5.91 Å². The van der Waals surface area contributed by atoms with Crippen LogP contribution in [-0.2, 0) is 11.2 Å². The molecule has 0 radical (unpaired) electrons. The molecule has 5 heteroatoms. The van der Waals surface area contributed by atoms with E-state index in [-0.39, 0.29) is 11.9 Å². The Bertz CT molecular complexity index is 852. The minimum Gasteiger partial charge on any atom is -0.325 e. The molecule has 25 heavy (non-hydrogen) atoms. The van der Waals surface area contributed by atoms with Crippen LogP contribution in [0.4, 0.5) is 5.69 Å². The van der Waals surface area contributed by atoms with Crippen molar-refractivity contribution in [2.75, 3.05) is 18.4 Å². The van der Waals surface area contributed by atoms with Crippen molar-refractivity contribution in [1.82, 2.24) is 9.88 Å². The highest BCUT2D eigenvalue weighted by Gasteiger charge is 2.32. The summed E-state index contributed by atoms with van der Waals surface area (Å²) >= 11 is 1.74. The molecule has 2 heterocycles. The van der Waals surface area contributed by atoms with Gasteiger partial charge in [-0.05, 0) is 42.8 Å². The van der Waals surface area contributed by atoms with E-state index in [4.69, 9.17) is 0 Å². The molecule has 0 spiro atoms. The second kappa shape index (κ2) is 6.94. The lowest BCUT2D eigenvalue weighted by Gasteiger charge is -2.38. The Kier molecular flexibility index (Phi) is 4.51. The van der Waals surface area contributed by atoms with Gasteiger partial charge >= 0.3 is 0 Å². The van der Waals surface area contributed by atoms with Gasteiger partial charge in [0.15, 0.2) is 0 Å². The number of likely N-dealkylation sites (tertiary alicyclic amines) is 1. The molecule has 0 bridgehead atoms. The van der Waals surface area contributed by atoms with Crippen molar-refractivity contribution < 1.29 is 4.79 Å². The minimum atomic E-state index is 0.0347. The molecular weight excluding hydrogens is 330 g/mol. The molecule has 3 aromatic rings. The number of hydrogen-bond donors (Lipinski definition) is 1. The van der Waals surface area contributed by atoms with Gasteiger partial charge in [0.05, 0.1) is 21.3 Å². The van der Waals surface area contributed by atoms with Crippen LogP contribution in [0, 0.1) is 0 Å². The van der Waals surface area contributed by atoms with Crippen molar-refractivity contribution >= 4 is 33.1 Å². The Hall–Kier alpha value is -2.24. The number of aromatic nitrogens is 1. The Morgan fingerprint density at radius 3 is 2.72 bits per heavy atom. The molecule has 1 unspecified atom stereocenters. The number of hydrogen-bond acceptors (Lipinski definition) is 4. The first-order chi connectivity index (χ1) is 12.2. The van der Waals surface area contributed by atoms with E-state index in [1.54, 1.807) is 11.3 Å². The SMILES string of the molecule is CCN1CCC1C(=O)Nc1ccc(Cc2nc3ccccc3s2)cc1. The first-order valence-corrected chi connectivity index (χ1v) is 9.53. The second-order valence-corrected chi connectivity index (χ2v) is 7.49. The number of nitrogens with one attached hydrogen (secondary N) is 1. The zero-order valence-corrected chi connectivity index (χ0v) is 15.1. The van der Waals surface area contributed by atoms with Crippen molar-refractivity contribution in [1.29, 1.82) is 0 Å². The third-order valence-electron chi connectivity index (χ3n) is 4.75. The van der Waals surface area contributed by atoms with Crippen LogP contribution in [0.5, 0.6) is 0 Å². The van der Waals surface area contributed by atoms with Gasteiger partial charge < -0.3 is 5.32 Å². The van der Waals surface area contributed by atoms with Gasteiger partial charge in [-0.25, -0.2) is 4.98 Å². The fourth-order valence-electron chi connectivity index (χ4n) is 3.22. The van der Waals surface area contributed by atoms with Gasteiger partial charge in [0.1, 0.15) is 0 Å². The van der Waals surface area contributed by atoms with Crippen molar-refractivity contribution in [3.05, 3.63) is 59.1 Å². The lowest BCUT2D eigenvalue weighted by atomic mass is 10.0. The van der Waals surface area contributed by atoms with Crippen molar-refractivity contribution in [2.45, 2.75) is 25.8 Å². The van der Waals surface area contributed by atoms with E-state index in [0.717, 1.165) is 42.1 Å². The van der Waals surface area contributed by atoms with Crippen LogP contribution in [0.15, 0.2) is 48.5 Å². The first-order valence-electron chi connectivity index (χ1n) is 8.71. The number of thiazole rings is 1. The summed E-state index contributed by atoms with van der Waals surface area (Å²) in [4.78, 5) is 19.2. The molecule has 1 aliphatic rings. The fraction of sp³-hybridized carbons (Fsp3) is 0.300. The monoisotopic (exact) mass is 351 g/mol. The van der Waals surface area contributed by atoms with Gasteiger partial charge in [-0.3, -0.25) is 9.69 Å². The van der Waals surface area contributed by atoms with Crippen LogP contribution in [-0.4, -0.2) is 34.9 Å². The summed E-state index contributed by atoms with van der Waals surface area (Å²) in [7, 11) is 0. The van der Waals surface area contributed by atoms with E-state index >= 15 is 0 Å². The first kappa shape index (κ1) is 16.2. The Morgan fingerprint density at radius 2 is 2.04 bits per heavy atom.